The Morgan fingerprint density at radius 3 is 2.38 bits per heavy atom. The fourth-order valence-corrected chi connectivity index (χ4v) is 3.24. The zero-order chi connectivity index (χ0) is 15.5. The van der Waals surface area contributed by atoms with Crippen molar-refractivity contribution in [1.29, 1.82) is 0 Å². The third kappa shape index (κ3) is 3.61. The minimum atomic E-state index is -3.59. The molecule has 0 atom stereocenters. The van der Waals surface area contributed by atoms with E-state index in [1.165, 1.54) is 31.4 Å². The summed E-state index contributed by atoms with van der Waals surface area (Å²) in [5.74, 6) is -0.708. The molecule has 0 heterocycles. The van der Waals surface area contributed by atoms with Crippen molar-refractivity contribution in [3.63, 3.8) is 0 Å². The Morgan fingerprint density at radius 2 is 1.81 bits per heavy atom. The van der Waals surface area contributed by atoms with Gasteiger partial charge in [-0.2, -0.15) is 0 Å². The average molecular weight is 306 g/mol. The maximum atomic E-state index is 12.3. The summed E-state index contributed by atoms with van der Waals surface area (Å²) in [7, 11) is -2.06. The molecule has 2 rings (SSSR count). The number of ether oxygens (including phenoxy) is 1. The molecule has 0 unspecified atom stereocenters. The number of hydrogen-bond acceptors (Lipinski definition) is 4. The van der Waals surface area contributed by atoms with Crippen LogP contribution in [0.5, 0.6) is 5.75 Å². The third-order valence-electron chi connectivity index (χ3n) is 2.96. The molecule has 0 aromatic heterocycles. The molecule has 0 spiro atoms. The molecule has 6 heteroatoms. The molecular formula is C15H14O5S. The van der Waals surface area contributed by atoms with Crippen molar-refractivity contribution in [2.75, 3.05) is 7.11 Å². The standard InChI is InChI=1S/C15H14O5S/c1-20-13-7-5-11(6-8-13)10-21(18,19)14-4-2-3-12(9-14)15(16)17/h2-9H,10H2,1H3,(H,16,17). The minimum Gasteiger partial charge on any atom is -0.497 e. The minimum absolute atomic E-state index is 0.00165. The molecule has 1 N–H and O–H groups in total. The number of aromatic carboxylic acids is 1. The fourth-order valence-electron chi connectivity index (χ4n) is 1.85. The number of rotatable bonds is 5. The van der Waals surface area contributed by atoms with Gasteiger partial charge >= 0.3 is 5.97 Å². The Balaban J connectivity index is 2.29. The zero-order valence-electron chi connectivity index (χ0n) is 11.3. The van der Waals surface area contributed by atoms with Crippen LogP contribution in [0.2, 0.25) is 0 Å². The highest BCUT2D eigenvalue weighted by atomic mass is 32.2. The van der Waals surface area contributed by atoms with Crippen LogP contribution < -0.4 is 4.74 Å². The highest BCUT2D eigenvalue weighted by molar-refractivity contribution is 7.90. The largest absolute Gasteiger partial charge is 0.497 e. The third-order valence-corrected chi connectivity index (χ3v) is 4.64. The second kappa shape index (κ2) is 5.97. The Labute approximate surface area is 122 Å². The summed E-state index contributed by atoms with van der Waals surface area (Å²) in [4.78, 5) is 10.9. The summed E-state index contributed by atoms with van der Waals surface area (Å²) in [6.45, 7) is 0. The van der Waals surface area contributed by atoms with Gasteiger partial charge in [-0.05, 0) is 35.9 Å². The van der Waals surface area contributed by atoms with Crippen LogP contribution in [-0.4, -0.2) is 26.6 Å². The normalized spacial score (nSPS) is 11.1. The highest BCUT2D eigenvalue weighted by Crippen LogP contribution is 2.19. The average Bonchev–Trinajstić information content (AvgIpc) is 2.48. The molecule has 21 heavy (non-hydrogen) atoms. The predicted octanol–water partition coefficient (Wildman–Crippen LogP) is 2.37. The molecule has 0 saturated carbocycles. The summed E-state index contributed by atoms with van der Waals surface area (Å²) < 4.78 is 29.6. The number of sulfone groups is 1. The number of benzene rings is 2. The lowest BCUT2D eigenvalue weighted by molar-refractivity contribution is 0.0696. The number of hydrogen-bond donors (Lipinski definition) is 1. The first-order valence-electron chi connectivity index (χ1n) is 6.11. The summed E-state index contributed by atoms with van der Waals surface area (Å²) >= 11 is 0. The van der Waals surface area contributed by atoms with Crippen molar-refractivity contribution in [2.45, 2.75) is 10.6 Å². The number of carbonyl (C=O) groups is 1. The molecule has 0 amide bonds. The van der Waals surface area contributed by atoms with E-state index in [2.05, 4.69) is 0 Å². The number of methoxy groups -OCH3 is 1. The highest BCUT2D eigenvalue weighted by Gasteiger charge is 2.17. The van der Waals surface area contributed by atoms with Crippen LogP contribution in [0.3, 0.4) is 0 Å². The molecule has 0 aliphatic rings. The van der Waals surface area contributed by atoms with Crippen molar-refractivity contribution in [2.24, 2.45) is 0 Å². The van der Waals surface area contributed by atoms with Gasteiger partial charge in [0.15, 0.2) is 9.84 Å². The molecule has 5 nitrogen and oxygen atoms in total. The van der Waals surface area contributed by atoms with E-state index in [9.17, 15) is 13.2 Å². The van der Waals surface area contributed by atoms with Gasteiger partial charge in [-0.15, -0.1) is 0 Å². The summed E-state index contributed by atoms with van der Waals surface area (Å²) in [6, 6.07) is 12.0. The van der Waals surface area contributed by atoms with Gasteiger partial charge in [-0.25, -0.2) is 13.2 Å². The molecule has 110 valence electrons. The first-order valence-corrected chi connectivity index (χ1v) is 7.76. The molecule has 0 radical (unpaired) electrons. The fraction of sp³-hybridized carbons (Fsp3) is 0.133. The van der Waals surface area contributed by atoms with Gasteiger partial charge in [-0.3, -0.25) is 0 Å². The lowest BCUT2D eigenvalue weighted by Crippen LogP contribution is -2.06. The van der Waals surface area contributed by atoms with Gasteiger partial charge in [0.05, 0.1) is 23.3 Å². The molecular weight excluding hydrogens is 292 g/mol. The Kier molecular flexibility index (Phi) is 4.28. The van der Waals surface area contributed by atoms with Gasteiger partial charge in [0.1, 0.15) is 5.75 Å². The Morgan fingerprint density at radius 1 is 1.14 bits per heavy atom. The monoisotopic (exact) mass is 306 g/mol. The van der Waals surface area contributed by atoms with Crippen molar-refractivity contribution in [1.82, 2.24) is 0 Å². The summed E-state index contributed by atoms with van der Waals surface area (Å²) in [6.07, 6.45) is 0. The van der Waals surface area contributed by atoms with Crippen molar-refractivity contribution >= 4 is 15.8 Å². The summed E-state index contributed by atoms with van der Waals surface area (Å²) in [5, 5.41) is 8.91. The van der Waals surface area contributed by atoms with Crippen LogP contribution in [0.25, 0.3) is 0 Å². The number of carboxylic acid groups (broad SMARTS) is 1. The van der Waals surface area contributed by atoms with E-state index >= 15 is 0 Å². The van der Waals surface area contributed by atoms with E-state index < -0.39 is 15.8 Å². The Bertz CT molecular complexity index is 748. The molecule has 0 fully saturated rings. The van der Waals surface area contributed by atoms with Gasteiger partial charge in [-0.1, -0.05) is 18.2 Å². The van der Waals surface area contributed by atoms with Crippen molar-refractivity contribution in [3.05, 3.63) is 59.7 Å². The van der Waals surface area contributed by atoms with Gasteiger partial charge in [0.2, 0.25) is 0 Å². The second-order valence-corrected chi connectivity index (χ2v) is 6.43. The molecule has 0 aliphatic carbocycles. The van der Waals surface area contributed by atoms with Gasteiger partial charge < -0.3 is 9.84 Å². The molecule has 0 saturated heterocycles. The van der Waals surface area contributed by atoms with E-state index in [0.717, 1.165) is 0 Å². The van der Waals surface area contributed by atoms with E-state index in [1.54, 1.807) is 24.3 Å². The van der Waals surface area contributed by atoms with Crippen LogP contribution in [0, 0.1) is 0 Å². The maximum Gasteiger partial charge on any atom is 0.335 e. The van der Waals surface area contributed by atoms with Crippen LogP contribution in [-0.2, 0) is 15.6 Å². The maximum absolute atomic E-state index is 12.3. The van der Waals surface area contributed by atoms with Gasteiger partial charge in [0, 0.05) is 0 Å². The topological polar surface area (TPSA) is 80.7 Å². The van der Waals surface area contributed by atoms with Crippen molar-refractivity contribution in [3.8, 4) is 5.75 Å². The summed E-state index contributed by atoms with van der Waals surface area (Å²) in [5.41, 5.74) is 0.558. The first-order chi connectivity index (χ1) is 9.92. The lowest BCUT2D eigenvalue weighted by atomic mass is 10.2. The zero-order valence-corrected chi connectivity index (χ0v) is 12.1. The van der Waals surface area contributed by atoms with E-state index in [0.29, 0.717) is 11.3 Å². The molecule has 2 aromatic rings. The lowest BCUT2D eigenvalue weighted by Gasteiger charge is -2.06. The van der Waals surface area contributed by atoms with Crippen LogP contribution in [0.1, 0.15) is 15.9 Å². The van der Waals surface area contributed by atoms with Crippen LogP contribution in [0.4, 0.5) is 0 Å². The first kappa shape index (κ1) is 15.1. The molecule has 0 aliphatic heterocycles. The van der Waals surface area contributed by atoms with E-state index in [-0.39, 0.29) is 16.2 Å². The predicted molar refractivity (Wildman–Crippen MR) is 77.3 cm³/mol. The SMILES string of the molecule is COc1ccc(CS(=O)(=O)c2cccc(C(=O)O)c2)cc1. The van der Waals surface area contributed by atoms with Gasteiger partial charge in [0.25, 0.3) is 0 Å². The molecule has 0 bridgehead atoms. The number of carboxylic acids is 1. The Hall–Kier alpha value is -2.34. The van der Waals surface area contributed by atoms with Crippen LogP contribution >= 0.6 is 0 Å². The van der Waals surface area contributed by atoms with Crippen molar-refractivity contribution < 1.29 is 23.1 Å². The second-order valence-electron chi connectivity index (χ2n) is 4.44. The van der Waals surface area contributed by atoms with Crippen LogP contribution in [0.15, 0.2) is 53.4 Å². The quantitative estimate of drug-likeness (QED) is 0.917. The molecule has 2 aromatic carbocycles. The van der Waals surface area contributed by atoms with E-state index in [4.69, 9.17) is 9.84 Å². The van der Waals surface area contributed by atoms with E-state index in [1.807, 2.05) is 0 Å². The smallest absolute Gasteiger partial charge is 0.335 e.